The Kier molecular flexibility index (Phi) is 2.51. The number of nitrogens with zero attached hydrogens (tertiary/aromatic N) is 1. The number of halogens is 2. The topological polar surface area (TPSA) is 26.0 Å². The number of benzene rings is 1. The van der Waals surface area contributed by atoms with Gasteiger partial charge in [-0.3, -0.25) is 0 Å². The summed E-state index contributed by atoms with van der Waals surface area (Å²) in [5, 5.41) is 3.79. The summed E-state index contributed by atoms with van der Waals surface area (Å²) in [6, 6.07) is 9.81. The molecular weight excluding hydrogens is 298 g/mol. The van der Waals surface area contributed by atoms with Gasteiger partial charge in [-0.2, -0.15) is 0 Å². The van der Waals surface area contributed by atoms with Gasteiger partial charge in [-0.05, 0) is 31.9 Å². The molecule has 1 heterocycles. The molecule has 0 saturated heterocycles. The Labute approximate surface area is 92.2 Å². The third-order valence-electron chi connectivity index (χ3n) is 1.63. The van der Waals surface area contributed by atoms with Crippen LogP contribution >= 0.6 is 31.9 Å². The van der Waals surface area contributed by atoms with E-state index in [0.29, 0.717) is 4.60 Å². The van der Waals surface area contributed by atoms with Crippen LogP contribution in [0.3, 0.4) is 0 Å². The Morgan fingerprint density at radius 3 is 2.31 bits per heavy atom. The van der Waals surface area contributed by atoms with Crippen LogP contribution in [0.15, 0.2) is 43.9 Å². The smallest absolute Gasteiger partial charge is 0.182 e. The van der Waals surface area contributed by atoms with Crippen molar-refractivity contribution < 1.29 is 4.52 Å². The summed E-state index contributed by atoms with van der Waals surface area (Å²) in [6.45, 7) is 0. The molecule has 0 spiro atoms. The molecule has 0 radical (unpaired) electrons. The van der Waals surface area contributed by atoms with Gasteiger partial charge in [0.2, 0.25) is 0 Å². The van der Waals surface area contributed by atoms with Gasteiger partial charge in [-0.25, -0.2) is 0 Å². The first-order chi connectivity index (χ1) is 6.29. The van der Waals surface area contributed by atoms with Crippen molar-refractivity contribution in [2.75, 3.05) is 0 Å². The fourth-order valence-corrected chi connectivity index (χ4v) is 1.65. The predicted molar refractivity (Wildman–Crippen MR) is 57.3 cm³/mol. The van der Waals surface area contributed by atoms with Crippen molar-refractivity contribution in [3.63, 3.8) is 0 Å². The van der Waals surface area contributed by atoms with E-state index >= 15 is 0 Å². The Bertz CT molecular complexity index is 411. The summed E-state index contributed by atoms with van der Waals surface area (Å²) in [6.07, 6.45) is 0. The van der Waals surface area contributed by atoms with Crippen LogP contribution in [0.5, 0.6) is 0 Å². The van der Waals surface area contributed by atoms with Gasteiger partial charge in [0.05, 0.1) is 4.47 Å². The predicted octanol–water partition coefficient (Wildman–Crippen LogP) is 3.87. The maximum atomic E-state index is 5.14. The molecule has 2 aromatic rings. The number of hydrogen-bond acceptors (Lipinski definition) is 2. The van der Waals surface area contributed by atoms with Crippen molar-refractivity contribution in [3.05, 3.63) is 39.4 Å². The second-order valence-corrected chi connectivity index (χ2v) is 4.03. The Morgan fingerprint density at radius 1 is 1.08 bits per heavy atom. The standard InChI is InChI=1S/C9H5Br2NO/c10-7-8(13-12-9(7)11)6-4-2-1-3-5-6/h1-5H. The minimum Gasteiger partial charge on any atom is -0.354 e. The highest BCUT2D eigenvalue weighted by Crippen LogP contribution is 2.33. The first-order valence-electron chi connectivity index (χ1n) is 3.65. The van der Waals surface area contributed by atoms with Crippen LogP contribution in [0.25, 0.3) is 11.3 Å². The summed E-state index contributed by atoms with van der Waals surface area (Å²) in [5.74, 6) is 0.743. The number of rotatable bonds is 1. The van der Waals surface area contributed by atoms with E-state index in [2.05, 4.69) is 37.0 Å². The fourth-order valence-electron chi connectivity index (χ4n) is 1.03. The van der Waals surface area contributed by atoms with Crippen LogP contribution in [0.2, 0.25) is 0 Å². The second-order valence-electron chi connectivity index (χ2n) is 2.48. The van der Waals surface area contributed by atoms with Crippen molar-refractivity contribution in [1.82, 2.24) is 5.16 Å². The zero-order valence-electron chi connectivity index (χ0n) is 6.50. The van der Waals surface area contributed by atoms with Crippen molar-refractivity contribution >= 4 is 31.9 Å². The first-order valence-corrected chi connectivity index (χ1v) is 5.23. The lowest BCUT2D eigenvalue weighted by Gasteiger charge is -1.93. The monoisotopic (exact) mass is 301 g/mol. The lowest BCUT2D eigenvalue weighted by Crippen LogP contribution is -1.72. The van der Waals surface area contributed by atoms with Gasteiger partial charge < -0.3 is 4.52 Å². The Balaban J connectivity index is 2.53. The highest BCUT2D eigenvalue weighted by atomic mass is 79.9. The molecule has 0 aliphatic heterocycles. The minimum absolute atomic E-state index is 0.686. The van der Waals surface area contributed by atoms with Gasteiger partial charge in [0.15, 0.2) is 10.4 Å². The quantitative estimate of drug-likeness (QED) is 0.799. The number of hydrogen-bond donors (Lipinski definition) is 0. The molecule has 1 aromatic carbocycles. The summed E-state index contributed by atoms with van der Waals surface area (Å²) >= 11 is 6.65. The highest BCUT2D eigenvalue weighted by Gasteiger charge is 2.12. The Morgan fingerprint density at radius 2 is 1.77 bits per heavy atom. The molecule has 0 bridgehead atoms. The molecule has 2 rings (SSSR count). The molecular formula is C9H5Br2NO. The van der Waals surface area contributed by atoms with Crippen LogP contribution in [0, 0.1) is 0 Å². The van der Waals surface area contributed by atoms with E-state index in [1.807, 2.05) is 30.3 Å². The van der Waals surface area contributed by atoms with Crippen LogP contribution in [-0.2, 0) is 0 Å². The molecule has 0 N–H and O–H groups in total. The number of aromatic nitrogens is 1. The van der Waals surface area contributed by atoms with Gasteiger partial charge in [-0.15, -0.1) is 0 Å². The fraction of sp³-hybridized carbons (Fsp3) is 0. The molecule has 0 aliphatic rings. The third kappa shape index (κ3) is 1.69. The van der Waals surface area contributed by atoms with Crippen molar-refractivity contribution in [2.45, 2.75) is 0 Å². The molecule has 2 nitrogen and oxygen atoms in total. The van der Waals surface area contributed by atoms with E-state index in [-0.39, 0.29) is 0 Å². The maximum absolute atomic E-state index is 5.14. The molecule has 1 aromatic heterocycles. The molecule has 0 fully saturated rings. The summed E-state index contributed by atoms with van der Waals surface area (Å²) in [7, 11) is 0. The molecule has 0 aliphatic carbocycles. The van der Waals surface area contributed by atoms with Crippen LogP contribution in [-0.4, -0.2) is 5.16 Å². The average Bonchev–Trinajstić information content (AvgIpc) is 2.49. The van der Waals surface area contributed by atoms with E-state index in [1.54, 1.807) is 0 Å². The first kappa shape index (κ1) is 8.97. The Hall–Kier alpha value is -0.610. The average molecular weight is 303 g/mol. The van der Waals surface area contributed by atoms with Gasteiger partial charge >= 0.3 is 0 Å². The van der Waals surface area contributed by atoms with E-state index in [1.165, 1.54) is 0 Å². The summed E-state index contributed by atoms with van der Waals surface area (Å²) in [4.78, 5) is 0. The van der Waals surface area contributed by atoms with Crippen LogP contribution in [0.4, 0.5) is 0 Å². The van der Waals surface area contributed by atoms with E-state index in [4.69, 9.17) is 4.52 Å². The molecule has 66 valence electrons. The van der Waals surface area contributed by atoms with E-state index < -0.39 is 0 Å². The maximum Gasteiger partial charge on any atom is 0.182 e. The largest absolute Gasteiger partial charge is 0.354 e. The lowest BCUT2D eigenvalue weighted by molar-refractivity contribution is 0.427. The lowest BCUT2D eigenvalue weighted by atomic mass is 10.2. The third-order valence-corrected chi connectivity index (χ3v) is 3.44. The van der Waals surface area contributed by atoms with Crippen LogP contribution in [0.1, 0.15) is 0 Å². The summed E-state index contributed by atoms with van der Waals surface area (Å²) < 4.78 is 6.67. The molecule has 4 heteroatoms. The van der Waals surface area contributed by atoms with Crippen molar-refractivity contribution in [2.24, 2.45) is 0 Å². The molecule has 0 saturated carbocycles. The normalized spacial score (nSPS) is 10.3. The zero-order valence-corrected chi connectivity index (χ0v) is 9.67. The second kappa shape index (κ2) is 3.64. The van der Waals surface area contributed by atoms with Crippen molar-refractivity contribution in [3.8, 4) is 11.3 Å². The highest BCUT2D eigenvalue weighted by molar-refractivity contribution is 9.13. The molecule has 0 atom stereocenters. The zero-order chi connectivity index (χ0) is 9.26. The van der Waals surface area contributed by atoms with Crippen LogP contribution < -0.4 is 0 Å². The van der Waals surface area contributed by atoms with E-state index in [0.717, 1.165) is 15.8 Å². The van der Waals surface area contributed by atoms with Crippen molar-refractivity contribution in [1.29, 1.82) is 0 Å². The van der Waals surface area contributed by atoms with Gasteiger partial charge in [-0.1, -0.05) is 35.5 Å². The SMILES string of the molecule is Brc1noc(-c2ccccc2)c1Br. The minimum atomic E-state index is 0.686. The molecule has 13 heavy (non-hydrogen) atoms. The van der Waals surface area contributed by atoms with E-state index in [9.17, 15) is 0 Å². The molecule has 0 amide bonds. The molecule has 0 unspecified atom stereocenters. The van der Waals surface area contributed by atoms with Gasteiger partial charge in [0.25, 0.3) is 0 Å². The van der Waals surface area contributed by atoms with Gasteiger partial charge in [0, 0.05) is 5.56 Å². The van der Waals surface area contributed by atoms with Gasteiger partial charge in [0.1, 0.15) is 0 Å². The summed E-state index contributed by atoms with van der Waals surface area (Å²) in [5.41, 5.74) is 1.01.